The second kappa shape index (κ2) is 9.15. The minimum Gasteiger partial charge on any atom is -0.451 e. The first-order valence-electron chi connectivity index (χ1n) is 8.29. The zero-order chi connectivity index (χ0) is 19.1. The van der Waals surface area contributed by atoms with Crippen molar-refractivity contribution in [3.8, 4) is 0 Å². The molecule has 0 spiro atoms. The number of nitrogens with one attached hydrogen (secondary N) is 2. The normalized spacial score (nSPS) is 11.7. The van der Waals surface area contributed by atoms with Gasteiger partial charge in [-0.2, -0.15) is 0 Å². The van der Waals surface area contributed by atoms with Gasteiger partial charge < -0.3 is 15.4 Å². The molecule has 0 saturated carbocycles. The fourth-order valence-corrected chi connectivity index (χ4v) is 2.78. The Hall–Kier alpha value is -2.67. The van der Waals surface area contributed by atoms with E-state index >= 15 is 0 Å². The molecule has 0 bridgehead atoms. The number of hydrogen-bond acceptors (Lipinski definition) is 5. The van der Waals surface area contributed by atoms with Crippen LogP contribution in [-0.2, 0) is 14.3 Å². The third kappa shape index (κ3) is 5.70. The number of carbonyl (C=O) groups is 3. The molecule has 6 nitrogen and oxygen atoms in total. The SMILES string of the molecule is CC(C)c1ccc(NC(=O)[C@H](C)OC(=O)CNC(=O)c2cccs2)cc1. The van der Waals surface area contributed by atoms with Crippen molar-refractivity contribution in [3.05, 3.63) is 52.2 Å². The van der Waals surface area contributed by atoms with E-state index in [0.717, 1.165) is 0 Å². The molecular formula is C19H22N2O4S. The lowest BCUT2D eigenvalue weighted by molar-refractivity contribution is -0.152. The zero-order valence-electron chi connectivity index (χ0n) is 14.9. The standard InChI is InChI=1S/C19H22N2O4S/c1-12(2)14-6-8-15(9-7-14)21-18(23)13(3)25-17(22)11-20-19(24)16-5-4-10-26-16/h4-10,12-13H,11H2,1-3H3,(H,20,24)(H,21,23)/t13-/m0/s1. The molecule has 2 N–H and O–H groups in total. The molecule has 0 aliphatic heterocycles. The fraction of sp³-hybridized carbons (Fsp3) is 0.316. The lowest BCUT2D eigenvalue weighted by Crippen LogP contribution is -2.35. The Morgan fingerprint density at radius 3 is 2.35 bits per heavy atom. The monoisotopic (exact) mass is 374 g/mol. The van der Waals surface area contributed by atoms with E-state index < -0.39 is 18.0 Å². The summed E-state index contributed by atoms with van der Waals surface area (Å²) in [6.07, 6.45) is -0.967. The van der Waals surface area contributed by atoms with Gasteiger partial charge in [-0.15, -0.1) is 11.3 Å². The molecule has 2 aromatic rings. The summed E-state index contributed by atoms with van der Waals surface area (Å²) in [5.74, 6) is -1.05. The van der Waals surface area contributed by atoms with Crippen molar-refractivity contribution < 1.29 is 19.1 Å². The maximum Gasteiger partial charge on any atom is 0.326 e. The van der Waals surface area contributed by atoms with Gasteiger partial charge in [0.25, 0.3) is 11.8 Å². The van der Waals surface area contributed by atoms with E-state index in [1.54, 1.807) is 17.5 Å². The molecule has 2 rings (SSSR count). The number of benzene rings is 1. The fourth-order valence-electron chi connectivity index (χ4n) is 2.13. The molecule has 2 amide bonds. The first-order valence-corrected chi connectivity index (χ1v) is 9.16. The van der Waals surface area contributed by atoms with Gasteiger partial charge in [-0.3, -0.25) is 14.4 Å². The summed E-state index contributed by atoms with van der Waals surface area (Å²) in [5.41, 5.74) is 1.80. The topological polar surface area (TPSA) is 84.5 Å². The molecule has 0 unspecified atom stereocenters. The molecule has 0 fully saturated rings. The van der Waals surface area contributed by atoms with Crippen LogP contribution in [0.3, 0.4) is 0 Å². The molecule has 1 heterocycles. The Kier molecular flexibility index (Phi) is 6.91. The van der Waals surface area contributed by atoms with Crippen LogP contribution in [-0.4, -0.2) is 30.4 Å². The summed E-state index contributed by atoms with van der Waals surface area (Å²) in [7, 11) is 0. The largest absolute Gasteiger partial charge is 0.451 e. The minimum atomic E-state index is -0.967. The number of anilines is 1. The molecule has 0 aliphatic carbocycles. The van der Waals surface area contributed by atoms with Gasteiger partial charge in [0.1, 0.15) is 6.54 Å². The predicted octanol–water partition coefficient (Wildman–Crippen LogP) is 3.17. The zero-order valence-corrected chi connectivity index (χ0v) is 15.8. The van der Waals surface area contributed by atoms with Crippen molar-refractivity contribution in [1.29, 1.82) is 0 Å². The highest BCUT2D eigenvalue weighted by atomic mass is 32.1. The second-order valence-electron chi connectivity index (χ2n) is 6.06. The average molecular weight is 374 g/mol. The van der Waals surface area contributed by atoms with E-state index in [4.69, 9.17) is 4.74 Å². The van der Waals surface area contributed by atoms with Crippen LogP contribution in [0.2, 0.25) is 0 Å². The van der Waals surface area contributed by atoms with Crippen LogP contribution < -0.4 is 10.6 Å². The summed E-state index contributed by atoms with van der Waals surface area (Å²) in [4.78, 5) is 36.2. The number of amides is 2. The molecule has 7 heteroatoms. The van der Waals surface area contributed by atoms with Crippen molar-refractivity contribution in [2.24, 2.45) is 0 Å². The second-order valence-corrected chi connectivity index (χ2v) is 7.01. The quantitative estimate of drug-likeness (QED) is 0.729. The predicted molar refractivity (Wildman–Crippen MR) is 101 cm³/mol. The number of rotatable bonds is 7. The molecule has 1 aromatic heterocycles. The van der Waals surface area contributed by atoms with E-state index in [-0.39, 0.29) is 12.5 Å². The smallest absolute Gasteiger partial charge is 0.326 e. The maximum absolute atomic E-state index is 12.1. The number of hydrogen-bond donors (Lipinski definition) is 2. The summed E-state index contributed by atoms with van der Waals surface area (Å²) >= 11 is 1.28. The maximum atomic E-state index is 12.1. The molecule has 138 valence electrons. The van der Waals surface area contributed by atoms with Crippen molar-refractivity contribution in [2.45, 2.75) is 32.8 Å². The van der Waals surface area contributed by atoms with Gasteiger partial charge in [0.2, 0.25) is 0 Å². The average Bonchev–Trinajstić information content (AvgIpc) is 3.14. The van der Waals surface area contributed by atoms with Gasteiger partial charge in [-0.1, -0.05) is 32.0 Å². The van der Waals surface area contributed by atoms with Crippen LogP contribution in [0.1, 0.15) is 41.9 Å². The van der Waals surface area contributed by atoms with Gasteiger partial charge in [0.05, 0.1) is 4.88 Å². The molecule has 1 atom stereocenters. The Balaban J connectivity index is 1.78. The number of thiophene rings is 1. The summed E-state index contributed by atoms with van der Waals surface area (Å²) in [5, 5.41) is 6.93. The van der Waals surface area contributed by atoms with Crippen molar-refractivity contribution in [1.82, 2.24) is 5.32 Å². The summed E-state index contributed by atoms with van der Waals surface area (Å²) in [6.45, 7) is 5.37. The Morgan fingerprint density at radius 1 is 1.08 bits per heavy atom. The van der Waals surface area contributed by atoms with Gasteiger partial charge in [-0.25, -0.2) is 0 Å². The van der Waals surface area contributed by atoms with Crippen molar-refractivity contribution >= 4 is 34.8 Å². The third-order valence-electron chi connectivity index (χ3n) is 3.66. The molecule has 1 aromatic carbocycles. The first kappa shape index (κ1) is 19.7. The van der Waals surface area contributed by atoms with Crippen molar-refractivity contribution in [3.63, 3.8) is 0 Å². The Morgan fingerprint density at radius 2 is 1.77 bits per heavy atom. The van der Waals surface area contributed by atoms with E-state index in [1.807, 2.05) is 24.3 Å². The van der Waals surface area contributed by atoms with Crippen molar-refractivity contribution in [2.75, 3.05) is 11.9 Å². The highest BCUT2D eigenvalue weighted by molar-refractivity contribution is 7.12. The Labute approximate surface area is 156 Å². The number of carbonyl (C=O) groups excluding carboxylic acids is 3. The first-order chi connectivity index (χ1) is 12.4. The van der Waals surface area contributed by atoms with E-state index in [0.29, 0.717) is 16.5 Å². The van der Waals surface area contributed by atoms with E-state index in [1.165, 1.54) is 23.8 Å². The molecule has 0 saturated heterocycles. The van der Waals surface area contributed by atoms with Crippen LogP contribution in [0.5, 0.6) is 0 Å². The Bertz CT molecular complexity index is 754. The molecule has 0 aliphatic rings. The summed E-state index contributed by atoms with van der Waals surface area (Å²) < 4.78 is 5.05. The van der Waals surface area contributed by atoms with Crippen LogP contribution >= 0.6 is 11.3 Å². The van der Waals surface area contributed by atoms with Crippen LogP contribution in [0, 0.1) is 0 Å². The minimum absolute atomic E-state index is 0.294. The van der Waals surface area contributed by atoms with Crippen LogP contribution in [0.25, 0.3) is 0 Å². The lowest BCUT2D eigenvalue weighted by atomic mass is 10.0. The number of ether oxygens (including phenoxy) is 1. The third-order valence-corrected chi connectivity index (χ3v) is 4.53. The molecule has 26 heavy (non-hydrogen) atoms. The molecule has 0 radical (unpaired) electrons. The highest BCUT2D eigenvalue weighted by Gasteiger charge is 2.18. The van der Waals surface area contributed by atoms with Gasteiger partial charge in [0, 0.05) is 5.69 Å². The van der Waals surface area contributed by atoms with Crippen LogP contribution in [0.4, 0.5) is 5.69 Å². The summed E-state index contributed by atoms with van der Waals surface area (Å²) in [6, 6.07) is 10.9. The van der Waals surface area contributed by atoms with E-state index in [2.05, 4.69) is 24.5 Å². The van der Waals surface area contributed by atoms with E-state index in [9.17, 15) is 14.4 Å². The van der Waals surface area contributed by atoms with Gasteiger partial charge in [-0.05, 0) is 42.0 Å². The van der Waals surface area contributed by atoms with Crippen LogP contribution in [0.15, 0.2) is 41.8 Å². The van der Waals surface area contributed by atoms with Gasteiger partial charge in [0.15, 0.2) is 6.10 Å². The highest BCUT2D eigenvalue weighted by Crippen LogP contribution is 2.17. The lowest BCUT2D eigenvalue weighted by Gasteiger charge is -2.14. The number of esters is 1. The molecular weight excluding hydrogens is 352 g/mol. The van der Waals surface area contributed by atoms with Gasteiger partial charge >= 0.3 is 5.97 Å².